The van der Waals surface area contributed by atoms with Gasteiger partial charge >= 0.3 is 5.97 Å². The summed E-state index contributed by atoms with van der Waals surface area (Å²) in [5.41, 5.74) is 15.2. The summed E-state index contributed by atoms with van der Waals surface area (Å²) in [6.07, 6.45) is -0.324. The van der Waals surface area contributed by atoms with E-state index in [9.17, 15) is 14.7 Å². The first-order valence-electron chi connectivity index (χ1n) is 7.70. The Hall–Kier alpha value is -1.84. The topological polar surface area (TPSA) is 165 Å². The number of rotatable bonds is 5. The van der Waals surface area contributed by atoms with Crippen molar-refractivity contribution in [2.45, 2.75) is 37.7 Å². The fraction of sp³-hybridized carbons (Fsp3) is 0.500. The molecule has 1 aromatic carbocycles. The maximum absolute atomic E-state index is 11.8. The van der Waals surface area contributed by atoms with Gasteiger partial charge in [0.2, 0.25) is 0 Å². The quantitative estimate of drug-likeness (QED) is 0.363. The summed E-state index contributed by atoms with van der Waals surface area (Å²) in [7, 11) is 0. The Kier molecular flexibility index (Phi) is 7.46. The smallest absolute Gasteiger partial charge is 0.339 e. The zero-order valence-electron chi connectivity index (χ0n) is 13.7. The van der Waals surface area contributed by atoms with Gasteiger partial charge in [0.15, 0.2) is 11.4 Å². The molecular weight excluding hydrogens is 312 g/mol. The Morgan fingerprint density at radius 2 is 1.92 bits per heavy atom. The molecule has 0 aromatic heterocycles. The van der Waals surface area contributed by atoms with Gasteiger partial charge in [-0.2, -0.15) is 0 Å². The molecule has 2 rings (SSSR count). The number of aliphatic hydroxyl groups excluding tert-OH is 1. The molecule has 1 saturated heterocycles. The summed E-state index contributed by atoms with van der Waals surface area (Å²) in [6.45, 7) is 2.34. The van der Waals surface area contributed by atoms with E-state index in [-0.39, 0.29) is 12.2 Å². The number of nitrogens with one attached hydrogen (secondary N) is 1. The molecule has 8 nitrogen and oxygen atoms in total. The molecule has 1 aromatic rings. The van der Waals surface area contributed by atoms with Crippen molar-refractivity contribution >= 4 is 11.8 Å². The summed E-state index contributed by atoms with van der Waals surface area (Å²) in [5, 5.41) is 20.8. The van der Waals surface area contributed by atoms with Gasteiger partial charge in [0, 0.05) is 13.1 Å². The largest absolute Gasteiger partial charge is 0.479 e. The number of aliphatic carboxylic acids is 1. The molecule has 3 atom stereocenters. The number of carbonyl (C=O) groups excluding carboxylic acids is 1. The zero-order valence-corrected chi connectivity index (χ0v) is 13.7. The first-order valence-corrected chi connectivity index (χ1v) is 7.70. The van der Waals surface area contributed by atoms with Crippen molar-refractivity contribution in [1.29, 1.82) is 0 Å². The highest BCUT2D eigenvalue weighted by Gasteiger charge is 2.43. The fourth-order valence-corrected chi connectivity index (χ4v) is 2.27. The first-order chi connectivity index (χ1) is 11.2. The van der Waals surface area contributed by atoms with E-state index in [4.69, 9.17) is 22.3 Å². The molecule has 1 fully saturated rings. The van der Waals surface area contributed by atoms with Gasteiger partial charge in [0.25, 0.3) is 0 Å². The highest BCUT2D eigenvalue weighted by Crippen LogP contribution is 2.17. The molecule has 1 unspecified atom stereocenters. The van der Waals surface area contributed by atoms with Crippen LogP contribution in [0.25, 0.3) is 0 Å². The van der Waals surface area contributed by atoms with Crippen molar-refractivity contribution in [2.24, 2.45) is 23.1 Å². The van der Waals surface area contributed by atoms with Crippen molar-refractivity contribution < 1.29 is 19.8 Å². The molecule has 1 aliphatic rings. The second-order valence-corrected chi connectivity index (χ2v) is 5.90. The lowest BCUT2D eigenvalue weighted by Gasteiger charge is -2.27. The Morgan fingerprint density at radius 3 is 2.29 bits per heavy atom. The van der Waals surface area contributed by atoms with E-state index < -0.39 is 29.7 Å². The second kappa shape index (κ2) is 8.86. The van der Waals surface area contributed by atoms with Gasteiger partial charge in [0.1, 0.15) is 0 Å². The van der Waals surface area contributed by atoms with Crippen LogP contribution in [0.3, 0.4) is 0 Å². The summed E-state index contributed by atoms with van der Waals surface area (Å²) in [5.74, 6) is -2.83. The Labute approximate surface area is 141 Å². The van der Waals surface area contributed by atoms with E-state index in [0.717, 1.165) is 0 Å². The molecule has 9 N–H and O–H groups in total. The average molecular weight is 338 g/mol. The van der Waals surface area contributed by atoms with Gasteiger partial charge < -0.3 is 32.7 Å². The van der Waals surface area contributed by atoms with E-state index in [1.807, 2.05) is 30.3 Å². The minimum absolute atomic E-state index is 0.263. The van der Waals surface area contributed by atoms with Crippen LogP contribution in [0.2, 0.25) is 0 Å². The van der Waals surface area contributed by atoms with Crippen LogP contribution in [0.5, 0.6) is 0 Å². The van der Waals surface area contributed by atoms with Crippen molar-refractivity contribution in [1.82, 2.24) is 5.32 Å². The predicted molar refractivity (Wildman–Crippen MR) is 89.7 cm³/mol. The number of carboxylic acids is 1. The van der Waals surface area contributed by atoms with Gasteiger partial charge in [-0.15, -0.1) is 0 Å². The summed E-state index contributed by atoms with van der Waals surface area (Å²) in [4.78, 5) is 22.6. The Morgan fingerprint density at radius 1 is 1.33 bits per heavy atom. The SMILES string of the molecule is CC(C(=O)[C@@H]1C[C@@H](O)CN1)C(N)(N)C(=O)O.NCc1ccccc1. The normalized spacial score (nSPS) is 21.5. The maximum Gasteiger partial charge on any atom is 0.339 e. The molecule has 8 heteroatoms. The molecular formula is C16H26N4O4. The predicted octanol–water partition coefficient (Wildman–Crippen LogP) is -1.24. The van der Waals surface area contributed by atoms with Crippen LogP contribution in [0.15, 0.2) is 30.3 Å². The van der Waals surface area contributed by atoms with E-state index in [1.165, 1.54) is 12.5 Å². The summed E-state index contributed by atoms with van der Waals surface area (Å²) < 4.78 is 0. The number of Topliss-reactive ketones (excluding diaryl/α,β-unsaturated/α-hetero) is 1. The minimum Gasteiger partial charge on any atom is -0.479 e. The molecule has 1 aliphatic heterocycles. The summed E-state index contributed by atoms with van der Waals surface area (Å²) in [6, 6.07) is 9.42. The zero-order chi connectivity index (χ0) is 18.3. The maximum atomic E-state index is 11.8. The van der Waals surface area contributed by atoms with E-state index in [2.05, 4.69) is 5.32 Å². The highest BCUT2D eigenvalue weighted by molar-refractivity contribution is 5.93. The number of carboxylic acid groups (broad SMARTS) is 1. The molecule has 1 heterocycles. The number of hydrogen-bond donors (Lipinski definition) is 6. The number of hydrogen-bond acceptors (Lipinski definition) is 7. The molecule has 0 spiro atoms. The Balaban J connectivity index is 0.000000300. The number of carbonyl (C=O) groups is 2. The highest BCUT2D eigenvalue weighted by atomic mass is 16.4. The molecule has 0 amide bonds. The molecule has 134 valence electrons. The number of ketones is 1. The van der Waals surface area contributed by atoms with Crippen molar-refractivity contribution in [2.75, 3.05) is 6.54 Å². The fourth-order valence-electron chi connectivity index (χ4n) is 2.27. The third-order valence-electron chi connectivity index (χ3n) is 4.04. The van der Waals surface area contributed by atoms with Gasteiger partial charge in [-0.1, -0.05) is 37.3 Å². The van der Waals surface area contributed by atoms with Gasteiger partial charge in [-0.25, -0.2) is 4.79 Å². The number of β-amino-alcohol motifs (C(OH)–C–C–N with tert-alkyl or cyclic N) is 1. The van der Waals surface area contributed by atoms with Gasteiger partial charge in [0.05, 0.1) is 18.1 Å². The van der Waals surface area contributed by atoms with Crippen molar-refractivity contribution in [3.8, 4) is 0 Å². The molecule has 0 radical (unpaired) electrons. The lowest BCUT2D eigenvalue weighted by molar-refractivity contribution is -0.148. The van der Waals surface area contributed by atoms with Crippen LogP contribution in [-0.2, 0) is 16.1 Å². The monoisotopic (exact) mass is 338 g/mol. The average Bonchev–Trinajstić information content (AvgIpc) is 3.01. The second-order valence-electron chi connectivity index (χ2n) is 5.90. The lowest BCUT2D eigenvalue weighted by atomic mass is 9.87. The minimum atomic E-state index is -2.08. The van der Waals surface area contributed by atoms with Crippen molar-refractivity contribution in [3.63, 3.8) is 0 Å². The molecule has 24 heavy (non-hydrogen) atoms. The van der Waals surface area contributed by atoms with E-state index in [1.54, 1.807) is 0 Å². The number of aliphatic hydroxyl groups is 1. The molecule has 0 saturated carbocycles. The van der Waals surface area contributed by atoms with Crippen LogP contribution in [0.1, 0.15) is 18.9 Å². The molecule has 0 bridgehead atoms. The van der Waals surface area contributed by atoms with Gasteiger partial charge in [-0.3, -0.25) is 4.79 Å². The van der Waals surface area contributed by atoms with Crippen LogP contribution in [-0.4, -0.2) is 46.3 Å². The van der Waals surface area contributed by atoms with Crippen LogP contribution in [0.4, 0.5) is 0 Å². The van der Waals surface area contributed by atoms with Gasteiger partial charge in [-0.05, 0) is 12.0 Å². The van der Waals surface area contributed by atoms with Crippen molar-refractivity contribution in [3.05, 3.63) is 35.9 Å². The van der Waals surface area contributed by atoms with Crippen LogP contribution in [0, 0.1) is 5.92 Å². The Bertz CT molecular complexity index is 550. The summed E-state index contributed by atoms with van der Waals surface area (Å²) >= 11 is 0. The number of benzene rings is 1. The van der Waals surface area contributed by atoms with E-state index in [0.29, 0.717) is 13.1 Å². The number of nitrogens with two attached hydrogens (primary N) is 3. The standard InChI is InChI=1S/C9H17N3O4.C7H9N/c1-4(9(10,11)8(15)16)7(14)6-2-5(13)3-12-6;8-6-7-4-2-1-3-5-7/h4-6,12-13H,2-3,10-11H2,1H3,(H,15,16);1-5H,6,8H2/t4?,5-,6+;/m1./s1. The molecule has 0 aliphatic carbocycles. The van der Waals surface area contributed by atoms with Crippen LogP contribution >= 0.6 is 0 Å². The first kappa shape index (κ1) is 20.2. The van der Waals surface area contributed by atoms with Crippen LogP contribution < -0.4 is 22.5 Å². The van der Waals surface area contributed by atoms with E-state index >= 15 is 0 Å². The third-order valence-corrected chi connectivity index (χ3v) is 4.04. The lowest BCUT2D eigenvalue weighted by Crippen LogP contribution is -2.64. The third kappa shape index (κ3) is 5.36.